The molecule has 1 aliphatic rings. The van der Waals surface area contributed by atoms with Gasteiger partial charge >= 0.3 is 0 Å². The van der Waals surface area contributed by atoms with Crippen LogP contribution in [0.4, 0.5) is 0 Å². The second-order valence-corrected chi connectivity index (χ2v) is 4.00. The summed E-state index contributed by atoms with van der Waals surface area (Å²) < 4.78 is 0. The van der Waals surface area contributed by atoms with E-state index >= 15 is 0 Å². The zero-order chi connectivity index (χ0) is 10.7. The Hall–Kier alpha value is -1.06. The zero-order valence-corrected chi connectivity index (χ0v) is 9.09. The van der Waals surface area contributed by atoms with Gasteiger partial charge in [0.1, 0.15) is 5.75 Å². The second-order valence-electron chi connectivity index (χ2n) is 4.00. The van der Waals surface area contributed by atoms with Crippen LogP contribution in [0.25, 0.3) is 0 Å². The first-order chi connectivity index (χ1) is 7.31. The lowest BCUT2D eigenvalue weighted by Gasteiger charge is -2.26. The van der Waals surface area contributed by atoms with E-state index in [1.807, 2.05) is 6.07 Å². The molecule has 15 heavy (non-hydrogen) atoms. The van der Waals surface area contributed by atoms with Crippen LogP contribution < -0.4 is 10.6 Å². The van der Waals surface area contributed by atoms with Gasteiger partial charge in [-0.25, -0.2) is 0 Å². The molecule has 3 heteroatoms. The molecule has 1 aromatic rings. The maximum atomic E-state index is 9.66. The zero-order valence-electron chi connectivity index (χ0n) is 9.09. The molecule has 0 amide bonds. The third kappa shape index (κ3) is 2.30. The molecule has 0 saturated heterocycles. The van der Waals surface area contributed by atoms with Crippen LogP contribution >= 0.6 is 0 Å². The summed E-state index contributed by atoms with van der Waals surface area (Å²) in [4.78, 5) is 0. The summed E-state index contributed by atoms with van der Waals surface area (Å²) in [5.74, 6) is 0.418. The molecule has 1 atom stereocenters. The van der Waals surface area contributed by atoms with Gasteiger partial charge in [0.25, 0.3) is 0 Å². The Balaban J connectivity index is 2.07. The number of nitrogens with one attached hydrogen (secondary N) is 2. The van der Waals surface area contributed by atoms with Gasteiger partial charge in [0.2, 0.25) is 0 Å². The fourth-order valence-corrected chi connectivity index (χ4v) is 2.06. The van der Waals surface area contributed by atoms with Crippen molar-refractivity contribution in [3.63, 3.8) is 0 Å². The van der Waals surface area contributed by atoms with Crippen LogP contribution in [0.2, 0.25) is 0 Å². The molecule has 1 aliphatic heterocycles. The smallest absolute Gasteiger partial charge is 0.120 e. The van der Waals surface area contributed by atoms with E-state index in [0.29, 0.717) is 11.8 Å². The third-order valence-corrected chi connectivity index (χ3v) is 2.92. The fourth-order valence-electron chi connectivity index (χ4n) is 2.06. The summed E-state index contributed by atoms with van der Waals surface area (Å²) in [6.07, 6.45) is 0.997. The number of hydrogen-bond donors (Lipinski definition) is 3. The Morgan fingerprint density at radius 1 is 1.53 bits per heavy atom. The van der Waals surface area contributed by atoms with Crippen LogP contribution in [-0.4, -0.2) is 24.2 Å². The largest absolute Gasteiger partial charge is 0.508 e. The number of phenols is 1. The Kier molecular flexibility index (Phi) is 3.23. The molecule has 1 unspecified atom stereocenters. The monoisotopic (exact) mass is 206 g/mol. The summed E-state index contributed by atoms with van der Waals surface area (Å²) >= 11 is 0. The van der Waals surface area contributed by atoms with Gasteiger partial charge in [-0.05, 0) is 24.6 Å². The Labute approximate surface area is 90.5 Å². The molecule has 0 aromatic heterocycles. The van der Waals surface area contributed by atoms with E-state index in [1.54, 1.807) is 6.07 Å². The molecule has 0 saturated carbocycles. The van der Waals surface area contributed by atoms with Crippen LogP contribution in [0, 0.1) is 0 Å². The summed E-state index contributed by atoms with van der Waals surface area (Å²) in [5, 5.41) is 16.4. The molecule has 0 bridgehead atoms. The minimum absolute atomic E-state index is 0.418. The fraction of sp³-hybridized carbons (Fsp3) is 0.500. The van der Waals surface area contributed by atoms with Crippen LogP contribution in [0.15, 0.2) is 18.2 Å². The molecule has 0 radical (unpaired) electrons. The van der Waals surface area contributed by atoms with Crippen LogP contribution in [-0.2, 0) is 13.0 Å². The highest BCUT2D eigenvalue weighted by Crippen LogP contribution is 2.24. The molecular formula is C12H18N2O. The molecule has 1 heterocycles. The highest BCUT2D eigenvalue weighted by molar-refractivity contribution is 5.41. The third-order valence-electron chi connectivity index (χ3n) is 2.92. The van der Waals surface area contributed by atoms with Crippen LogP contribution in [0.3, 0.4) is 0 Å². The van der Waals surface area contributed by atoms with Gasteiger partial charge < -0.3 is 15.7 Å². The Bertz CT molecular complexity index is 338. The van der Waals surface area contributed by atoms with Gasteiger partial charge in [0, 0.05) is 24.7 Å². The van der Waals surface area contributed by atoms with Crippen molar-refractivity contribution in [1.29, 1.82) is 0 Å². The topological polar surface area (TPSA) is 44.3 Å². The van der Waals surface area contributed by atoms with Crippen molar-refractivity contribution in [2.24, 2.45) is 0 Å². The molecule has 2 rings (SSSR count). The summed E-state index contributed by atoms with van der Waals surface area (Å²) in [7, 11) is 0. The van der Waals surface area contributed by atoms with Crippen molar-refractivity contribution in [3.8, 4) is 5.75 Å². The average Bonchev–Trinajstić information content (AvgIpc) is 2.26. The lowest BCUT2D eigenvalue weighted by Crippen LogP contribution is -2.42. The molecule has 82 valence electrons. The van der Waals surface area contributed by atoms with Crippen molar-refractivity contribution in [1.82, 2.24) is 10.6 Å². The Morgan fingerprint density at radius 3 is 3.20 bits per heavy atom. The second kappa shape index (κ2) is 4.64. The van der Waals surface area contributed by atoms with Gasteiger partial charge in [-0.2, -0.15) is 0 Å². The molecule has 3 N–H and O–H groups in total. The maximum absolute atomic E-state index is 9.66. The highest BCUT2D eigenvalue weighted by Gasteiger charge is 2.19. The van der Waals surface area contributed by atoms with Gasteiger partial charge in [-0.3, -0.25) is 0 Å². The Morgan fingerprint density at radius 2 is 2.40 bits per heavy atom. The quantitative estimate of drug-likeness (QED) is 0.691. The number of hydrogen-bond acceptors (Lipinski definition) is 3. The van der Waals surface area contributed by atoms with Crippen LogP contribution in [0.5, 0.6) is 5.75 Å². The first-order valence-corrected chi connectivity index (χ1v) is 5.55. The van der Waals surface area contributed by atoms with Crippen molar-refractivity contribution in [3.05, 3.63) is 29.3 Å². The summed E-state index contributed by atoms with van der Waals surface area (Å²) in [6.45, 7) is 4.89. The summed E-state index contributed by atoms with van der Waals surface area (Å²) in [5.41, 5.74) is 2.34. The minimum atomic E-state index is 0.418. The van der Waals surface area contributed by atoms with E-state index < -0.39 is 0 Å². The van der Waals surface area contributed by atoms with E-state index in [0.717, 1.165) is 31.6 Å². The molecular weight excluding hydrogens is 188 g/mol. The number of aromatic hydroxyl groups is 1. The summed E-state index contributed by atoms with van der Waals surface area (Å²) in [6, 6.07) is 6.27. The maximum Gasteiger partial charge on any atom is 0.120 e. The first kappa shape index (κ1) is 10.5. The van der Waals surface area contributed by atoms with Gasteiger partial charge in [-0.1, -0.05) is 19.1 Å². The number of fused-ring (bicyclic) bond motifs is 1. The van der Waals surface area contributed by atoms with E-state index in [4.69, 9.17) is 0 Å². The van der Waals surface area contributed by atoms with E-state index in [-0.39, 0.29) is 0 Å². The van der Waals surface area contributed by atoms with Crippen LogP contribution in [0.1, 0.15) is 18.1 Å². The van der Waals surface area contributed by atoms with E-state index in [9.17, 15) is 5.11 Å². The SMILES string of the molecule is CCNCC1Cc2cccc(O)c2CN1. The average molecular weight is 206 g/mol. The van der Waals surface area contributed by atoms with E-state index in [1.165, 1.54) is 5.56 Å². The lowest BCUT2D eigenvalue weighted by molar-refractivity contribution is 0.424. The standard InChI is InChI=1S/C12H18N2O/c1-2-13-7-10-6-9-4-3-5-12(15)11(9)8-14-10/h3-5,10,13-15H,2,6-8H2,1H3. The predicted molar refractivity (Wildman–Crippen MR) is 61.0 cm³/mol. The van der Waals surface area contributed by atoms with Gasteiger partial charge in [0.15, 0.2) is 0 Å². The minimum Gasteiger partial charge on any atom is -0.508 e. The van der Waals surface area contributed by atoms with Crippen molar-refractivity contribution >= 4 is 0 Å². The number of likely N-dealkylation sites (N-methyl/N-ethyl adjacent to an activating group) is 1. The predicted octanol–water partition coefficient (Wildman–Crippen LogP) is 1.02. The van der Waals surface area contributed by atoms with E-state index in [2.05, 4.69) is 23.6 Å². The van der Waals surface area contributed by atoms with Crippen molar-refractivity contribution in [2.45, 2.75) is 25.9 Å². The molecule has 0 spiro atoms. The normalized spacial score (nSPS) is 19.9. The molecule has 0 aliphatic carbocycles. The first-order valence-electron chi connectivity index (χ1n) is 5.55. The van der Waals surface area contributed by atoms with Gasteiger partial charge in [0.05, 0.1) is 0 Å². The highest BCUT2D eigenvalue weighted by atomic mass is 16.3. The van der Waals surface area contributed by atoms with Gasteiger partial charge in [-0.15, -0.1) is 0 Å². The number of benzene rings is 1. The van der Waals surface area contributed by atoms with Crippen molar-refractivity contribution in [2.75, 3.05) is 13.1 Å². The lowest BCUT2D eigenvalue weighted by atomic mass is 9.95. The molecule has 3 nitrogen and oxygen atoms in total. The number of rotatable bonds is 3. The molecule has 0 fully saturated rings. The number of phenolic OH excluding ortho intramolecular Hbond substituents is 1. The molecule has 1 aromatic carbocycles. The van der Waals surface area contributed by atoms with Crippen molar-refractivity contribution < 1.29 is 5.11 Å².